The maximum absolute atomic E-state index is 13.0. The molecule has 2 heterocycles. The number of piperidine rings is 1. The highest BCUT2D eigenvalue weighted by Gasteiger charge is 2.58. The molecular formula is C16H20F3NO3. The summed E-state index contributed by atoms with van der Waals surface area (Å²) in [6.07, 6.45) is -0.576. The van der Waals surface area contributed by atoms with Gasteiger partial charge in [0, 0.05) is 42.6 Å². The van der Waals surface area contributed by atoms with Crippen LogP contribution in [0.4, 0.5) is 13.2 Å². The van der Waals surface area contributed by atoms with Crippen LogP contribution in [0.1, 0.15) is 38.5 Å². The second kappa shape index (κ2) is 4.96. The van der Waals surface area contributed by atoms with E-state index in [4.69, 9.17) is 9.47 Å². The van der Waals surface area contributed by atoms with Crippen molar-refractivity contribution in [2.75, 3.05) is 26.3 Å². The molecule has 0 amide bonds. The molecule has 0 radical (unpaired) electrons. The standard InChI is InChI=1S/C16H20F3NO3/c17-16(18,19)13(21)12-11(10-14(12)2-1-3-14)20-6-4-15(5-7-20)22-8-9-23-15/h1-10H2. The van der Waals surface area contributed by atoms with E-state index in [-0.39, 0.29) is 5.57 Å². The summed E-state index contributed by atoms with van der Waals surface area (Å²) >= 11 is 0. The SMILES string of the molecule is O=C(C1=C(N2CCC3(CC2)OCCO3)CC12CCC2)C(F)(F)F. The molecular weight excluding hydrogens is 311 g/mol. The predicted molar refractivity (Wildman–Crippen MR) is 74.4 cm³/mol. The fourth-order valence-electron chi connectivity index (χ4n) is 4.41. The monoisotopic (exact) mass is 331 g/mol. The normalized spacial score (nSPS) is 28.9. The van der Waals surface area contributed by atoms with Gasteiger partial charge in [-0.25, -0.2) is 0 Å². The molecule has 4 nitrogen and oxygen atoms in total. The van der Waals surface area contributed by atoms with Gasteiger partial charge < -0.3 is 14.4 Å². The number of carbonyl (C=O) groups is 1. The van der Waals surface area contributed by atoms with Crippen LogP contribution in [0.5, 0.6) is 0 Å². The zero-order valence-electron chi connectivity index (χ0n) is 12.9. The molecule has 4 aliphatic rings. The molecule has 2 saturated heterocycles. The predicted octanol–water partition coefficient (Wildman–Crippen LogP) is 2.78. The smallest absolute Gasteiger partial charge is 0.374 e. The van der Waals surface area contributed by atoms with Crippen molar-refractivity contribution in [3.05, 3.63) is 11.3 Å². The lowest BCUT2D eigenvalue weighted by Gasteiger charge is -2.55. The van der Waals surface area contributed by atoms with Crippen molar-refractivity contribution < 1.29 is 27.4 Å². The Hall–Kier alpha value is -1.08. The number of alkyl halides is 3. The molecule has 23 heavy (non-hydrogen) atoms. The van der Waals surface area contributed by atoms with Crippen molar-refractivity contribution in [3.8, 4) is 0 Å². The Balaban J connectivity index is 1.55. The molecule has 0 unspecified atom stereocenters. The summed E-state index contributed by atoms with van der Waals surface area (Å²) in [6, 6.07) is 0. The van der Waals surface area contributed by atoms with Crippen molar-refractivity contribution in [3.63, 3.8) is 0 Å². The van der Waals surface area contributed by atoms with E-state index in [2.05, 4.69) is 0 Å². The van der Waals surface area contributed by atoms with Gasteiger partial charge in [-0.15, -0.1) is 0 Å². The van der Waals surface area contributed by atoms with Crippen LogP contribution >= 0.6 is 0 Å². The van der Waals surface area contributed by atoms with Crippen LogP contribution in [0.3, 0.4) is 0 Å². The number of hydrogen-bond acceptors (Lipinski definition) is 4. The number of likely N-dealkylation sites (tertiary alicyclic amines) is 1. The van der Waals surface area contributed by atoms with E-state index < -0.39 is 23.2 Å². The van der Waals surface area contributed by atoms with Crippen molar-refractivity contribution in [1.29, 1.82) is 0 Å². The van der Waals surface area contributed by atoms with Gasteiger partial charge in [-0.1, -0.05) is 6.42 Å². The maximum atomic E-state index is 13.0. The van der Waals surface area contributed by atoms with Crippen LogP contribution in [-0.2, 0) is 14.3 Å². The number of Topliss-reactive ketones (excluding diaryl/α,β-unsaturated/α-hetero) is 1. The first-order valence-corrected chi connectivity index (χ1v) is 8.23. The van der Waals surface area contributed by atoms with Crippen molar-refractivity contribution in [2.45, 2.75) is 50.5 Å². The molecule has 0 aromatic carbocycles. The highest BCUT2D eigenvalue weighted by atomic mass is 19.4. The van der Waals surface area contributed by atoms with Gasteiger partial charge in [0.1, 0.15) is 0 Å². The molecule has 0 aromatic heterocycles. The Bertz CT molecular complexity index is 549. The summed E-state index contributed by atoms with van der Waals surface area (Å²) in [5, 5.41) is 0. The summed E-state index contributed by atoms with van der Waals surface area (Å²) in [7, 11) is 0. The molecule has 4 rings (SSSR count). The second-order valence-corrected chi connectivity index (χ2v) is 7.05. The number of ether oxygens (including phenoxy) is 2. The summed E-state index contributed by atoms with van der Waals surface area (Å²) < 4.78 is 50.2. The Labute approximate surface area is 132 Å². The van der Waals surface area contributed by atoms with Crippen molar-refractivity contribution in [2.24, 2.45) is 5.41 Å². The molecule has 128 valence electrons. The molecule has 0 aromatic rings. The van der Waals surface area contributed by atoms with Gasteiger partial charge in [-0.05, 0) is 19.3 Å². The van der Waals surface area contributed by atoms with E-state index >= 15 is 0 Å². The average molecular weight is 331 g/mol. The third kappa shape index (κ3) is 2.31. The largest absolute Gasteiger partial charge is 0.454 e. The molecule has 1 saturated carbocycles. The van der Waals surface area contributed by atoms with E-state index in [0.717, 1.165) is 6.42 Å². The van der Waals surface area contributed by atoms with Gasteiger partial charge in [0.25, 0.3) is 5.78 Å². The fourth-order valence-corrected chi connectivity index (χ4v) is 4.41. The molecule has 3 fully saturated rings. The number of nitrogens with zero attached hydrogens (tertiary/aromatic N) is 1. The number of carbonyl (C=O) groups excluding carboxylic acids is 1. The van der Waals surface area contributed by atoms with Crippen LogP contribution in [0.2, 0.25) is 0 Å². The number of allylic oxidation sites excluding steroid dienone is 2. The van der Waals surface area contributed by atoms with E-state index in [1.807, 2.05) is 4.90 Å². The second-order valence-electron chi connectivity index (χ2n) is 7.05. The molecule has 0 bridgehead atoms. The van der Waals surface area contributed by atoms with Gasteiger partial charge in [-0.3, -0.25) is 4.79 Å². The van der Waals surface area contributed by atoms with Gasteiger partial charge in [-0.2, -0.15) is 13.2 Å². The lowest BCUT2D eigenvalue weighted by molar-refractivity contribution is -0.184. The first-order chi connectivity index (χ1) is 10.9. The van der Waals surface area contributed by atoms with Crippen molar-refractivity contribution >= 4 is 5.78 Å². The van der Waals surface area contributed by atoms with Crippen LogP contribution in [0.25, 0.3) is 0 Å². The van der Waals surface area contributed by atoms with Gasteiger partial charge >= 0.3 is 6.18 Å². The Kier molecular flexibility index (Phi) is 3.33. The van der Waals surface area contributed by atoms with Crippen LogP contribution in [0, 0.1) is 5.41 Å². The Morgan fingerprint density at radius 1 is 1.04 bits per heavy atom. The Morgan fingerprint density at radius 3 is 2.13 bits per heavy atom. The minimum absolute atomic E-state index is 0.0421. The average Bonchev–Trinajstić information content (AvgIpc) is 2.86. The molecule has 2 aliphatic heterocycles. The first-order valence-electron chi connectivity index (χ1n) is 8.23. The maximum Gasteiger partial charge on any atom is 0.454 e. The van der Waals surface area contributed by atoms with Crippen LogP contribution < -0.4 is 0 Å². The quantitative estimate of drug-likeness (QED) is 0.780. The van der Waals surface area contributed by atoms with Gasteiger partial charge in [0.2, 0.25) is 0 Å². The zero-order valence-corrected chi connectivity index (χ0v) is 12.9. The van der Waals surface area contributed by atoms with Gasteiger partial charge in [0.15, 0.2) is 5.79 Å². The first kappa shape index (κ1) is 15.4. The highest BCUT2D eigenvalue weighted by molar-refractivity contribution is 6.03. The molecule has 0 N–H and O–H groups in total. The number of halogens is 3. The van der Waals surface area contributed by atoms with E-state index in [9.17, 15) is 18.0 Å². The Morgan fingerprint density at radius 2 is 1.65 bits per heavy atom. The lowest BCUT2D eigenvalue weighted by Crippen LogP contribution is -2.53. The third-order valence-corrected chi connectivity index (χ3v) is 5.84. The fraction of sp³-hybridized carbons (Fsp3) is 0.812. The minimum atomic E-state index is -4.78. The van der Waals surface area contributed by atoms with E-state index in [1.165, 1.54) is 0 Å². The topological polar surface area (TPSA) is 38.8 Å². The minimum Gasteiger partial charge on any atom is -0.374 e. The number of hydrogen-bond donors (Lipinski definition) is 0. The third-order valence-electron chi connectivity index (χ3n) is 5.84. The summed E-state index contributed by atoms with van der Waals surface area (Å²) in [5.74, 6) is -2.18. The summed E-state index contributed by atoms with van der Waals surface area (Å²) in [6.45, 7) is 2.31. The zero-order chi connectivity index (χ0) is 16.3. The highest BCUT2D eigenvalue weighted by Crippen LogP contribution is 2.61. The molecule has 2 spiro atoms. The summed E-state index contributed by atoms with van der Waals surface area (Å²) in [4.78, 5) is 13.8. The summed E-state index contributed by atoms with van der Waals surface area (Å²) in [5.41, 5.74) is 0.164. The van der Waals surface area contributed by atoms with Crippen LogP contribution in [-0.4, -0.2) is 48.9 Å². The molecule has 2 aliphatic carbocycles. The van der Waals surface area contributed by atoms with E-state index in [0.29, 0.717) is 64.1 Å². The number of rotatable bonds is 2. The molecule has 7 heteroatoms. The molecule has 0 atom stereocenters. The van der Waals surface area contributed by atoms with E-state index in [1.54, 1.807) is 0 Å². The van der Waals surface area contributed by atoms with Crippen molar-refractivity contribution in [1.82, 2.24) is 4.90 Å². The number of ketones is 1. The van der Waals surface area contributed by atoms with Crippen LogP contribution in [0.15, 0.2) is 11.3 Å². The lowest BCUT2D eigenvalue weighted by atomic mass is 9.53. The van der Waals surface area contributed by atoms with Gasteiger partial charge in [0.05, 0.1) is 13.2 Å².